The van der Waals surface area contributed by atoms with Crippen LogP contribution in [-0.2, 0) is 6.54 Å². The number of benzene rings is 1. The highest BCUT2D eigenvalue weighted by molar-refractivity contribution is 7.98. The minimum Gasteiger partial charge on any atom is -0.439 e. The molecule has 0 spiro atoms. The summed E-state index contributed by atoms with van der Waals surface area (Å²) in [5.41, 5.74) is 0.968. The second kappa shape index (κ2) is 6.80. The highest BCUT2D eigenvalue weighted by Crippen LogP contribution is 2.25. The number of hydrogen-bond acceptors (Lipinski definition) is 4. The number of nitrogens with zero attached hydrogens (tertiary/aromatic N) is 1. The van der Waals surface area contributed by atoms with E-state index in [9.17, 15) is 0 Å². The molecule has 0 unspecified atom stereocenters. The number of rotatable bonds is 5. The molecule has 0 radical (unpaired) electrons. The Labute approximate surface area is 122 Å². The van der Waals surface area contributed by atoms with Crippen LogP contribution in [0.25, 0.3) is 0 Å². The van der Waals surface area contributed by atoms with Crippen LogP contribution in [0.2, 0.25) is 5.02 Å². The van der Waals surface area contributed by atoms with Crippen LogP contribution in [0.15, 0.2) is 41.4 Å². The Bertz CT molecular complexity index is 546. The predicted molar refractivity (Wildman–Crippen MR) is 80.3 cm³/mol. The quantitative estimate of drug-likeness (QED) is 0.846. The molecule has 0 saturated heterocycles. The van der Waals surface area contributed by atoms with Crippen LogP contribution in [0.3, 0.4) is 0 Å². The van der Waals surface area contributed by atoms with Gasteiger partial charge in [0.25, 0.3) is 0 Å². The molecule has 2 aromatic rings. The second-order valence-corrected chi connectivity index (χ2v) is 5.21. The van der Waals surface area contributed by atoms with Crippen molar-refractivity contribution in [3.05, 3.63) is 47.1 Å². The molecule has 19 heavy (non-hydrogen) atoms. The van der Waals surface area contributed by atoms with Gasteiger partial charge in [-0.05, 0) is 43.1 Å². The first-order valence-corrected chi connectivity index (χ1v) is 7.44. The third kappa shape index (κ3) is 3.86. The fraction of sp³-hybridized carbons (Fsp3) is 0.214. The molecular formula is C14H15ClN2OS. The van der Waals surface area contributed by atoms with Crippen molar-refractivity contribution in [2.75, 3.05) is 13.3 Å². The molecule has 1 aromatic carbocycles. The number of pyridine rings is 1. The molecule has 0 atom stereocenters. The smallest absolute Gasteiger partial charge is 0.219 e. The van der Waals surface area contributed by atoms with Crippen LogP contribution in [0.1, 0.15) is 5.56 Å². The van der Waals surface area contributed by atoms with Crippen LogP contribution < -0.4 is 10.1 Å². The van der Waals surface area contributed by atoms with Gasteiger partial charge >= 0.3 is 0 Å². The lowest BCUT2D eigenvalue weighted by molar-refractivity contribution is 0.461. The normalized spacial score (nSPS) is 10.5. The molecule has 1 N–H and O–H groups in total. The molecule has 100 valence electrons. The lowest BCUT2D eigenvalue weighted by Crippen LogP contribution is -2.06. The average Bonchev–Trinajstić information content (AvgIpc) is 2.44. The zero-order valence-electron chi connectivity index (χ0n) is 10.8. The molecule has 3 nitrogen and oxygen atoms in total. The molecule has 0 saturated carbocycles. The Morgan fingerprint density at radius 2 is 2.05 bits per heavy atom. The summed E-state index contributed by atoms with van der Waals surface area (Å²) in [5, 5.41) is 3.70. The third-order valence-corrected chi connectivity index (χ3v) is 3.64. The molecule has 2 rings (SSSR count). The number of thioether (sulfide) groups is 1. The van der Waals surface area contributed by atoms with Crippen LogP contribution in [-0.4, -0.2) is 18.3 Å². The zero-order valence-corrected chi connectivity index (χ0v) is 12.4. The Morgan fingerprint density at radius 3 is 2.68 bits per heavy atom. The van der Waals surface area contributed by atoms with Gasteiger partial charge in [-0.3, -0.25) is 0 Å². The SMILES string of the molecule is CNCc1cc(Oc2ccc(SC)cc2)ncc1Cl. The van der Waals surface area contributed by atoms with Gasteiger partial charge in [0.15, 0.2) is 0 Å². The van der Waals surface area contributed by atoms with E-state index in [-0.39, 0.29) is 0 Å². The van der Waals surface area contributed by atoms with Gasteiger partial charge < -0.3 is 10.1 Å². The largest absolute Gasteiger partial charge is 0.439 e. The number of ether oxygens (including phenoxy) is 1. The Hall–Kier alpha value is -1.23. The van der Waals surface area contributed by atoms with Gasteiger partial charge in [-0.1, -0.05) is 11.6 Å². The molecule has 0 aliphatic heterocycles. The van der Waals surface area contributed by atoms with E-state index in [4.69, 9.17) is 16.3 Å². The molecule has 0 fully saturated rings. The summed E-state index contributed by atoms with van der Waals surface area (Å²) in [5.74, 6) is 1.31. The maximum atomic E-state index is 6.06. The summed E-state index contributed by atoms with van der Waals surface area (Å²) in [4.78, 5) is 5.37. The fourth-order valence-corrected chi connectivity index (χ4v) is 2.18. The monoisotopic (exact) mass is 294 g/mol. The first kappa shape index (κ1) is 14.2. The summed E-state index contributed by atoms with van der Waals surface area (Å²) in [6.45, 7) is 0.684. The topological polar surface area (TPSA) is 34.1 Å². The van der Waals surface area contributed by atoms with Crippen molar-refractivity contribution in [2.24, 2.45) is 0 Å². The number of nitrogens with one attached hydrogen (secondary N) is 1. The number of hydrogen-bond donors (Lipinski definition) is 1. The van der Waals surface area contributed by atoms with Gasteiger partial charge in [-0.2, -0.15) is 0 Å². The zero-order chi connectivity index (χ0) is 13.7. The van der Waals surface area contributed by atoms with E-state index >= 15 is 0 Å². The van der Waals surface area contributed by atoms with E-state index in [1.54, 1.807) is 18.0 Å². The summed E-state index contributed by atoms with van der Waals surface area (Å²) < 4.78 is 5.71. The average molecular weight is 295 g/mol. The van der Waals surface area contributed by atoms with Gasteiger partial charge in [0.1, 0.15) is 5.75 Å². The van der Waals surface area contributed by atoms with Crippen molar-refractivity contribution >= 4 is 23.4 Å². The number of halogens is 1. The standard InChI is InChI=1S/C14H15ClN2OS/c1-16-8-10-7-14(17-9-13(10)15)18-11-3-5-12(19-2)6-4-11/h3-7,9,16H,8H2,1-2H3. The van der Waals surface area contributed by atoms with Crippen LogP contribution in [0, 0.1) is 0 Å². The molecule has 0 bridgehead atoms. The lowest BCUT2D eigenvalue weighted by Gasteiger charge is -2.08. The highest BCUT2D eigenvalue weighted by atomic mass is 35.5. The van der Waals surface area contributed by atoms with Crippen molar-refractivity contribution in [1.82, 2.24) is 10.3 Å². The Kier molecular flexibility index (Phi) is 5.07. The molecule has 0 aliphatic carbocycles. The van der Waals surface area contributed by atoms with Crippen molar-refractivity contribution in [2.45, 2.75) is 11.4 Å². The minimum absolute atomic E-state index is 0.548. The van der Waals surface area contributed by atoms with Crippen LogP contribution in [0.5, 0.6) is 11.6 Å². The summed E-state index contributed by atoms with van der Waals surface area (Å²) in [7, 11) is 1.87. The van der Waals surface area contributed by atoms with Crippen molar-refractivity contribution in [1.29, 1.82) is 0 Å². The molecular weight excluding hydrogens is 280 g/mol. The van der Waals surface area contributed by atoms with Gasteiger partial charge in [-0.25, -0.2) is 4.98 Å². The molecule has 5 heteroatoms. The van der Waals surface area contributed by atoms with Crippen LogP contribution >= 0.6 is 23.4 Å². The van der Waals surface area contributed by atoms with Crippen molar-refractivity contribution < 1.29 is 4.74 Å². The first-order chi connectivity index (χ1) is 9.22. The van der Waals surface area contributed by atoms with E-state index in [2.05, 4.69) is 10.3 Å². The van der Waals surface area contributed by atoms with Gasteiger partial charge in [0.05, 0.1) is 5.02 Å². The maximum absolute atomic E-state index is 6.06. The predicted octanol–water partition coefficient (Wildman–Crippen LogP) is 3.97. The van der Waals surface area contributed by atoms with Gasteiger partial charge in [0.2, 0.25) is 5.88 Å². The Balaban J connectivity index is 2.15. The highest BCUT2D eigenvalue weighted by Gasteiger charge is 2.05. The van der Waals surface area contributed by atoms with Gasteiger partial charge in [0, 0.05) is 23.7 Å². The maximum Gasteiger partial charge on any atom is 0.219 e. The molecule has 1 aromatic heterocycles. The fourth-order valence-electron chi connectivity index (χ4n) is 1.60. The summed E-state index contributed by atoms with van der Waals surface area (Å²) in [6.07, 6.45) is 3.65. The van der Waals surface area contributed by atoms with E-state index < -0.39 is 0 Å². The van der Waals surface area contributed by atoms with Crippen LogP contribution in [0.4, 0.5) is 0 Å². The Morgan fingerprint density at radius 1 is 1.32 bits per heavy atom. The third-order valence-electron chi connectivity index (χ3n) is 2.56. The summed E-state index contributed by atoms with van der Waals surface area (Å²) in [6, 6.07) is 9.75. The van der Waals surface area contributed by atoms with Gasteiger partial charge in [-0.15, -0.1) is 11.8 Å². The van der Waals surface area contributed by atoms with Crippen molar-refractivity contribution in [3.8, 4) is 11.6 Å². The van der Waals surface area contributed by atoms with E-state index in [1.165, 1.54) is 4.90 Å². The summed E-state index contributed by atoms with van der Waals surface area (Å²) >= 11 is 7.75. The molecule has 1 heterocycles. The van der Waals surface area contributed by atoms with E-state index in [0.29, 0.717) is 17.4 Å². The first-order valence-electron chi connectivity index (χ1n) is 5.84. The van der Waals surface area contributed by atoms with E-state index in [0.717, 1.165) is 11.3 Å². The molecule has 0 amide bonds. The second-order valence-electron chi connectivity index (χ2n) is 3.92. The molecule has 0 aliphatic rings. The van der Waals surface area contributed by atoms with Crippen molar-refractivity contribution in [3.63, 3.8) is 0 Å². The lowest BCUT2D eigenvalue weighted by atomic mass is 10.2. The number of aromatic nitrogens is 1. The minimum atomic E-state index is 0.548. The van der Waals surface area contributed by atoms with E-state index in [1.807, 2.05) is 43.6 Å².